The van der Waals surface area contributed by atoms with Crippen molar-refractivity contribution in [2.45, 2.75) is 13.3 Å². The molecule has 1 N–H and O–H groups in total. The van der Waals surface area contributed by atoms with Crippen molar-refractivity contribution in [3.63, 3.8) is 0 Å². The van der Waals surface area contributed by atoms with Crippen LogP contribution in [0, 0.1) is 0 Å². The molecule has 0 aliphatic rings. The summed E-state index contributed by atoms with van der Waals surface area (Å²) in [6, 6.07) is 3.06. The summed E-state index contributed by atoms with van der Waals surface area (Å²) in [5, 5.41) is 3.12. The Hall–Kier alpha value is -1.18. The third-order valence-electron chi connectivity index (χ3n) is 2.65. The summed E-state index contributed by atoms with van der Waals surface area (Å²) in [4.78, 5) is 15.6. The molecule has 0 radical (unpaired) electrons. The van der Waals surface area contributed by atoms with E-state index in [1.807, 2.05) is 0 Å². The highest BCUT2D eigenvalue weighted by Crippen LogP contribution is 2.07. The second-order valence-electron chi connectivity index (χ2n) is 4.22. The van der Waals surface area contributed by atoms with Gasteiger partial charge in [-0.2, -0.15) is 0 Å². The van der Waals surface area contributed by atoms with Crippen LogP contribution >= 0.6 is 11.6 Å². The molecule has 1 aromatic rings. The average molecular weight is 320 g/mol. The number of sulfonamides is 1. The van der Waals surface area contributed by atoms with Crippen LogP contribution in [0.1, 0.15) is 23.8 Å². The van der Waals surface area contributed by atoms with Gasteiger partial charge in [0.2, 0.25) is 10.0 Å². The average Bonchev–Trinajstić information content (AvgIpc) is 2.37. The van der Waals surface area contributed by atoms with Crippen LogP contribution in [0.4, 0.5) is 0 Å². The smallest absolute Gasteiger partial charge is 0.269 e. The van der Waals surface area contributed by atoms with E-state index in [9.17, 15) is 13.2 Å². The quantitative estimate of drug-likeness (QED) is 0.764. The molecule has 0 fully saturated rings. The number of nitrogens with zero attached hydrogens (tertiary/aromatic N) is 2. The van der Waals surface area contributed by atoms with Gasteiger partial charge in [-0.1, -0.05) is 18.5 Å². The lowest BCUT2D eigenvalue weighted by Gasteiger charge is -2.17. The number of rotatable bonds is 7. The lowest BCUT2D eigenvalue weighted by atomic mass is 10.3. The summed E-state index contributed by atoms with van der Waals surface area (Å²) in [6.45, 7) is 2.94. The van der Waals surface area contributed by atoms with Crippen molar-refractivity contribution in [1.82, 2.24) is 14.6 Å². The van der Waals surface area contributed by atoms with Gasteiger partial charge in [-0.05, 0) is 18.6 Å². The molecule has 1 rings (SSSR count). The van der Waals surface area contributed by atoms with Crippen LogP contribution < -0.4 is 5.32 Å². The summed E-state index contributed by atoms with van der Waals surface area (Å²) in [6.07, 6.45) is 3.16. The highest BCUT2D eigenvalue weighted by atomic mass is 35.5. The van der Waals surface area contributed by atoms with Gasteiger partial charge in [0.15, 0.2) is 0 Å². The van der Waals surface area contributed by atoms with Crippen molar-refractivity contribution in [3.8, 4) is 0 Å². The van der Waals surface area contributed by atoms with Crippen LogP contribution in [0.25, 0.3) is 0 Å². The van der Waals surface area contributed by atoms with Gasteiger partial charge in [0.1, 0.15) is 5.69 Å². The summed E-state index contributed by atoms with van der Waals surface area (Å²) in [5.41, 5.74) is 0.243. The van der Waals surface area contributed by atoms with E-state index in [0.29, 0.717) is 31.1 Å². The minimum Gasteiger partial charge on any atom is -0.351 e. The fourth-order valence-electron chi connectivity index (χ4n) is 1.64. The molecule has 0 saturated carbocycles. The highest BCUT2D eigenvalue weighted by Gasteiger charge is 2.13. The first kappa shape index (κ1) is 16.9. The van der Waals surface area contributed by atoms with Gasteiger partial charge >= 0.3 is 0 Å². The molecule has 20 heavy (non-hydrogen) atoms. The van der Waals surface area contributed by atoms with Crippen molar-refractivity contribution in [2.24, 2.45) is 0 Å². The van der Waals surface area contributed by atoms with E-state index in [2.05, 4.69) is 10.3 Å². The molecule has 1 aromatic heterocycles. The molecular weight excluding hydrogens is 302 g/mol. The van der Waals surface area contributed by atoms with Gasteiger partial charge in [0.25, 0.3) is 5.91 Å². The Morgan fingerprint density at radius 3 is 2.75 bits per heavy atom. The van der Waals surface area contributed by atoms with Crippen molar-refractivity contribution in [2.75, 3.05) is 25.9 Å². The van der Waals surface area contributed by atoms with Gasteiger partial charge < -0.3 is 5.32 Å². The molecule has 0 bridgehead atoms. The summed E-state index contributed by atoms with van der Waals surface area (Å²) in [7, 11) is -3.18. The summed E-state index contributed by atoms with van der Waals surface area (Å²) in [5.74, 6) is -0.324. The SMILES string of the molecule is CCN(CCCNC(=O)c1cc(Cl)ccn1)S(C)(=O)=O. The van der Waals surface area contributed by atoms with Crippen molar-refractivity contribution in [3.05, 3.63) is 29.0 Å². The van der Waals surface area contributed by atoms with Gasteiger partial charge in [0.05, 0.1) is 6.26 Å². The number of halogens is 1. The zero-order valence-electron chi connectivity index (χ0n) is 11.5. The highest BCUT2D eigenvalue weighted by molar-refractivity contribution is 7.88. The second kappa shape index (κ2) is 7.56. The molecular formula is C12H18ClN3O3S. The summed E-state index contributed by atoms with van der Waals surface area (Å²) >= 11 is 5.77. The number of nitrogens with one attached hydrogen (secondary N) is 1. The number of hydrogen-bond donors (Lipinski definition) is 1. The minimum absolute atomic E-state index is 0.243. The molecule has 6 nitrogen and oxygen atoms in total. The van der Waals surface area contributed by atoms with Crippen LogP contribution in [0.5, 0.6) is 0 Å². The molecule has 0 unspecified atom stereocenters. The molecule has 0 aliphatic carbocycles. The predicted molar refractivity (Wildman–Crippen MR) is 78.3 cm³/mol. The zero-order valence-corrected chi connectivity index (χ0v) is 13.0. The van der Waals surface area contributed by atoms with Gasteiger partial charge in [-0.3, -0.25) is 9.78 Å². The van der Waals surface area contributed by atoms with Gasteiger partial charge in [0, 0.05) is 30.9 Å². The Labute approximate surface area is 124 Å². The normalized spacial score (nSPS) is 11.6. The van der Waals surface area contributed by atoms with Crippen LogP contribution in [-0.2, 0) is 10.0 Å². The van der Waals surface area contributed by atoms with E-state index in [0.717, 1.165) is 0 Å². The maximum absolute atomic E-state index is 11.7. The number of hydrogen-bond acceptors (Lipinski definition) is 4. The molecule has 1 amide bonds. The maximum atomic E-state index is 11.7. The standard InChI is InChI=1S/C12H18ClN3O3S/c1-3-16(20(2,18)19)8-4-6-15-12(17)11-9-10(13)5-7-14-11/h5,7,9H,3-4,6,8H2,1-2H3,(H,15,17). The third kappa shape index (κ3) is 5.44. The van der Waals surface area contributed by atoms with Crippen LogP contribution in [-0.4, -0.2) is 49.5 Å². The third-order valence-corrected chi connectivity index (χ3v) is 4.26. The Bertz CT molecular complexity index is 563. The predicted octanol–water partition coefficient (Wildman–Crippen LogP) is 1.14. The number of amides is 1. The van der Waals surface area contributed by atoms with Crippen molar-refractivity contribution in [1.29, 1.82) is 0 Å². The Balaban J connectivity index is 2.40. The first-order valence-corrected chi connectivity index (χ1v) is 8.42. The monoisotopic (exact) mass is 319 g/mol. The summed E-state index contributed by atoms with van der Waals surface area (Å²) < 4.78 is 24.1. The first-order valence-electron chi connectivity index (χ1n) is 6.19. The molecule has 0 aromatic carbocycles. The lowest BCUT2D eigenvalue weighted by Crippen LogP contribution is -2.33. The molecule has 0 aliphatic heterocycles. The number of carbonyl (C=O) groups is 1. The number of carbonyl (C=O) groups excluding carboxylic acids is 1. The Kier molecular flexibility index (Phi) is 6.38. The van der Waals surface area contributed by atoms with Crippen molar-refractivity contribution >= 4 is 27.5 Å². The Morgan fingerprint density at radius 1 is 1.50 bits per heavy atom. The van der Waals surface area contributed by atoms with E-state index in [4.69, 9.17) is 11.6 Å². The fraction of sp³-hybridized carbons (Fsp3) is 0.500. The molecule has 1 heterocycles. The first-order chi connectivity index (χ1) is 9.34. The van der Waals surface area contributed by atoms with E-state index in [-0.39, 0.29) is 11.6 Å². The largest absolute Gasteiger partial charge is 0.351 e. The molecule has 8 heteroatoms. The Morgan fingerprint density at radius 2 is 2.20 bits per heavy atom. The van der Waals surface area contributed by atoms with Crippen LogP contribution in [0.2, 0.25) is 5.02 Å². The molecule has 0 spiro atoms. The van der Waals surface area contributed by atoms with E-state index in [1.165, 1.54) is 22.8 Å². The molecule has 0 saturated heterocycles. The molecule has 112 valence electrons. The van der Waals surface area contributed by atoms with E-state index in [1.54, 1.807) is 13.0 Å². The number of pyridine rings is 1. The van der Waals surface area contributed by atoms with Crippen molar-refractivity contribution < 1.29 is 13.2 Å². The number of aromatic nitrogens is 1. The van der Waals surface area contributed by atoms with Crippen LogP contribution in [0.15, 0.2) is 18.3 Å². The zero-order chi connectivity index (χ0) is 15.2. The van der Waals surface area contributed by atoms with Gasteiger partial charge in [-0.15, -0.1) is 0 Å². The lowest BCUT2D eigenvalue weighted by molar-refractivity contribution is 0.0948. The fourth-order valence-corrected chi connectivity index (χ4v) is 2.72. The van der Waals surface area contributed by atoms with Crippen LogP contribution in [0.3, 0.4) is 0 Å². The van der Waals surface area contributed by atoms with E-state index >= 15 is 0 Å². The molecule has 0 atom stereocenters. The maximum Gasteiger partial charge on any atom is 0.269 e. The second-order valence-corrected chi connectivity index (χ2v) is 6.64. The van der Waals surface area contributed by atoms with E-state index < -0.39 is 10.0 Å². The minimum atomic E-state index is -3.18. The van der Waals surface area contributed by atoms with Gasteiger partial charge in [-0.25, -0.2) is 12.7 Å². The topological polar surface area (TPSA) is 79.4 Å².